The molecule has 118 valence electrons. The van der Waals surface area contributed by atoms with E-state index >= 15 is 0 Å². The molecule has 1 aromatic rings. The largest absolute Gasteiger partial charge is 0.243 e. The molecule has 0 saturated heterocycles. The fraction of sp³-hybridized carbons (Fsp3) is 0.500. The van der Waals surface area contributed by atoms with E-state index in [9.17, 15) is 21.2 Å². The zero-order valence-electron chi connectivity index (χ0n) is 11.4. The Hall–Kier alpha value is -1.03. The lowest BCUT2D eigenvalue weighted by atomic mass is 10.1. The molecular formula is C12H17FN2O4S2. The molecule has 0 spiro atoms. The van der Waals surface area contributed by atoms with Crippen LogP contribution in [-0.4, -0.2) is 22.9 Å². The Morgan fingerprint density at radius 3 is 2.38 bits per heavy atom. The van der Waals surface area contributed by atoms with Gasteiger partial charge in [-0.2, -0.15) is 0 Å². The van der Waals surface area contributed by atoms with E-state index in [0.29, 0.717) is 24.8 Å². The Kier molecular flexibility index (Phi) is 4.39. The summed E-state index contributed by atoms with van der Waals surface area (Å²) < 4.78 is 62.8. The van der Waals surface area contributed by atoms with Gasteiger partial charge >= 0.3 is 0 Å². The molecule has 3 N–H and O–H groups in total. The summed E-state index contributed by atoms with van der Waals surface area (Å²) in [5.74, 6) is -0.715. The molecule has 2 atom stereocenters. The van der Waals surface area contributed by atoms with E-state index in [4.69, 9.17) is 5.14 Å². The quantitative estimate of drug-likeness (QED) is 0.853. The zero-order chi connectivity index (χ0) is 15.8. The first-order chi connectivity index (χ1) is 9.59. The molecule has 1 saturated carbocycles. The summed E-state index contributed by atoms with van der Waals surface area (Å²) >= 11 is 0. The van der Waals surface area contributed by atoms with Gasteiger partial charge in [-0.05, 0) is 43.4 Å². The van der Waals surface area contributed by atoms with Gasteiger partial charge in [-0.15, -0.1) is 0 Å². The number of nitrogens with two attached hydrogens (primary N) is 1. The Morgan fingerprint density at radius 1 is 1.24 bits per heavy atom. The summed E-state index contributed by atoms with van der Waals surface area (Å²) in [6, 6.07) is 2.28. The van der Waals surface area contributed by atoms with E-state index in [1.54, 1.807) is 0 Å². The van der Waals surface area contributed by atoms with Gasteiger partial charge in [0.2, 0.25) is 20.0 Å². The van der Waals surface area contributed by atoms with Gasteiger partial charge in [0, 0.05) is 6.04 Å². The van der Waals surface area contributed by atoms with Crippen molar-refractivity contribution in [1.82, 2.24) is 4.72 Å². The van der Waals surface area contributed by atoms with Crippen molar-refractivity contribution in [3.05, 3.63) is 24.0 Å². The van der Waals surface area contributed by atoms with E-state index in [1.807, 2.05) is 6.92 Å². The van der Waals surface area contributed by atoms with Gasteiger partial charge in [-0.25, -0.2) is 31.1 Å². The summed E-state index contributed by atoms with van der Waals surface area (Å²) in [7, 11) is -8.09. The molecule has 1 aliphatic rings. The van der Waals surface area contributed by atoms with Crippen molar-refractivity contribution in [3.8, 4) is 0 Å². The topological polar surface area (TPSA) is 106 Å². The number of rotatable bonds is 4. The minimum atomic E-state index is -4.07. The third-order valence-electron chi connectivity index (χ3n) is 3.54. The predicted octanol–water partition coefficient (Wildman–Crippen LogP) is 0.940. The summed E-state index contributed by atoms with van der Waals surface area (Å²) in [4.78, 5) is -1.04. The number of benzene rings is 1. The number of primary sulfonamides is 1. The maximum atomic E-state index is 13.9. The molecule has 0 aliphatic heterocycles. The molecule has 6 nitrogen and oxygen atoms in total. The van der Waals surface area contributed by atoms with Crippen LogP contribution in [0.1, 0.15) is 26.2 Å². The molecule has 0 radical (unpaired) electrons. The molecular weight excluding hydrogens is 319 g/mol. The van der Waals surface area contributed by atoms with Crippen LogP contribution in [0.2, 0.25) is 0 Å². The lowest BCUT2D eigenvalue weighted by Gasteiger charge is -2.13. The standard InChI is InChI=1S/C12H17FN2O4S2/c1-8-2-3-9(6-8)15-21(18,19)12-5-4-10(7-11(12)13)20(14,16)17/h4-5,7-9,15H,2-3,6H2,1H3,(H2,14,16,17). The van der Waals surface area contributed by atoms with Gasteiger partial charge in [0.1, 0.15) is 10.7 Å². The Balaban J connectivity index is 2.28. The van der Waals surface area contributed by atoms with Crippen LogP contribution < -0.4 is 9.86 Å². The van der Waals surface area contributed by atoms with Crippen LogP contribution in [0, 0.1) is 11.7 Å². The van der Waals surface area contributed by atoms with Crippen molar-refractivity contribution < 1.29 is 21.2 Å². The third kappa shape index (κ3) is 3.79. The smallest absolute Gasteiger partial charge is 0.225 e. The molecule has 1 aliphatic carbocycles. The highest BCUT2D eigenvalue weighted by molar-refractivity contribution is 7.89. The van der Waals surface area contributed by atoms with Gasteiger partial charge in [-0.1, -0.05) is 6.92 Å². The number of halogens is 1. The van der Waals surface area contributed by atoms with E-state index in [2.05, 4.69) is 4.72 Å². The lowest BCUT2D eigenvalue weighted by Crippen LogP contribution is -2.33. The fourth-order valence-corrected chi connectivity index (χ4v) is 4.34. The monoisotopic (exact) mass is 336 g/mol. The van der Waals surface area contributed by atoms with Gasteiger partial charge in [0.25, 0.3) is 0 Å². The van der Waals surface area contributed by atoms with E-state index in [1.165, 1.54) is 0 Å². The Labute approximate surface area is 123 Å². The first-order valence-corrected chi connectivity index (χ1v) is 9.47. The lowest BCUT2D eigenvalue weighted by molar-refractivity contribution is 0.526. The fourth-order valence-electron chi connectivity index (χ4n) is 2.47. The van der Waals surface area contributed by atoms with Gasteiger partial charge in [0.05, 0.1) is 4.90 Å². The van der Waals surface area contributed by atoms with E-state index in [-0.39, 0.29) is 6.04 Å². The van der Waals surface area contributed by atoms with Crippen LogP contribution in [0.25, 0.3) is 0 Å². The van der Waals surface area contributed by atoms with Gasteiger partial charge in [-0.3, -0.25) is 0 Å². The highest BCUT2D eigenvalue weighted by Crippen LogP contribution is 2.26. The maximum absolute atomic E-state index is 13.9. The molecule has 1 fully saturated rings. The molecule has 2 unspecified atom stereocenters. The molecule has 2 rings (SSSR count). The van der Waals surface area contributed by atoms with Gasteiger partial charge in [0.15, 0.2) is 0 Å². The summed E-state index contributed by atoms with van der Waals surface area (Å²) in [5, 5.41) is 4.87. The highest BCUT2D eigenvalue weighted by atomic mass is 32.2. The molecule has 1 aromatic carbocycles. The second kappa shape index (κ2) is 5.64. The van der Waals surface area contributed by atoms with Crippen molar-refractivity contribution in [1.29, 1.82) is 0 Å². The van der Waals surface area contributed by atoms with Crippen LogP contribution >= 0.6 is 0 Å². The summed E-state index contributed by atoms with van der Waals surface area (Å²) in [5.41, 5.74) is 0. The van der Waals surface area contributed by atoms with E-state index in [0.717, 1.165) is 18.6 Å². The number of hydrogen-bond donors (Lipinski definition) is 2. The van der Waals surface area contributed by atoms with Crippen molar-refractivity contribution in [3.63, 3.8) is 0 Å². The molecule has 21 heavy (non-hydrogen) atoms. The SMILES string of the molecule is CC1CCC(NS(=O)(=O)c2ccc(S(N)(=O)=O)cc2F)C1. The number of sulfonamides is 2. The van der Waals surface area contributed by atoms with Crippen molar-refractivity contribution in [2.75, 3.05) is 0 Å². The molecule has 9 heteroatoms. The average molecular weight is 336 g/mol. The zero-order valence-corrected chi connectivity index (χ0v) is 13.0. The van der Waals surface area contributed by atoms with Crippen molar-refractivity contribution >= 4 is 20.0 Å². The number of nitrogens with one attached hydrogen (secondary N) is 1. The van der Waals surface area contributed by atoms with E-state index < -0.39 is 35.7 Å². The van der Waals surface area contributed by atoms with Gasteiger partial charge < -0.3 is 0 Å². The molecule has 0 amide bonds. The Bertz CT molecular complexity index is 747. The average Bonchev–Trinajstić information content (AvgIpc) is 2.72. The molecule has 0 heterocycles. The second-order valence-electron chi connectivity index (χ2n) is 5.37. The number of hydrogen-bond acceptors (Lipinski definition) is 4. The highest BCUT2D eigenvalue weighted by Gasteiger charge is 2.28. The Morgan fingerprint density at radius 2 is 1.90 bits per heavy atom. The van der Waals surface area contributed by atoms with Crippen LogP contribution in [0.5, 0.6) is 0 Å². The summed E-state index contributed by atoms with van der Waals surface area (Å²) in [6.45, 7) is 2.02. The van der Waals surface area contributed by atoms with Crippen LogP contribution in [0.3, 0.4) is 0 Å². The van der Waals surface area contributed by atoms with Crippen LogP contribution in [0.4, 0.5) is 4.39 Å². The molecule has 0 bridgehead atoms. The third-order valence-corrected chi connectivity index (χ3v) is 6.00. The molecule has 0 aromatic heterocycles. The first kappa shape index (κ1) is 16.3. The van der Waals surface area contributed by atoms with Crippen LogP contribution in [-0.2, 0) is 20.0 Å². The van der Waals surface area contributed by atoms with Crippen molar-refractivity contribution in [2.24, 2.45) is 11.1 Å². The first-order valence-electron chi connectivity index (χ1n) is 6.44. The van der Waals surface area contributed by atoms with Crippen LogP contribution in [0.15, 0.2) is 28.0 Å². The normalized spacial score (nSPS) is 23.4. The minimum absolute atomic E-state index is 0.220. The second-order valence-corrected chi connectivity index (χ2v) is 8.62. The minimum Gasteiger partial charge on any atom is -0.225 e. The summed E-state index contributed by atoms with van der Waals surface area (Å²) in [6.07, 6.45) is 2.33. The van der Waals surface area contributed by atoms with Crippen molar-refractivity contribution in [2.45, 2.75) is 42.0 Å². The predicted molar refractivity (Wildman–Crippen MR) is 74.9 cm³/mol. The maximum Gasteiger partial charge on any atom is 0.243 e.